The summed E-state index contributed by atoms with van der Waals surface area (Å²) in [6, 6.07) is 8.14. The zero-order valence-electron chi connectivity index (χ0n) is 8.46. The van der Waals surface area contributed by atoms with E-state index in [0.717, 1.165) is 16.1 Å². The first-order valence-electron chi connectivity index (χ1n) is 4.74. The first kappa shape index (κ1) is 10.7. The van der Waals surface area contributed by atoms with Gasteiger partial charge in [-0.15, -0.1) is 11.3 Å². The predicted molar refractivity (Wildman–Crippen MR) is 67.4 cm³/mol. The third-order valence-electron chi connectivity index (χ3n) is 2.31. The van der Waals surface area contributed by atoms with E-state index in [0.29, 0.717) is 6.54 Å². The minimum atomic E-state index is 0.530. The molecular formula is C12H12ClNS. The molecule has 2 aromatic rings. The highest BCUT2D eigenvalue weighted by molar-refractivity contribution is 7.10. The molecule has 0 aliphatic rings. The molecule has 0 radical (unpaired) electrons. The molecule has 0 amide bonds. The van der Waals surface area contributed by atoms with Crippen molar-refractivity contribution in [3.63, 3.8) is 0 Å². The lowest BCUT2D eigenvalue weighted by Crippen LogP contribution is -1.95. The highest BCUT2D eigenvalue weighted by Crippen LogP contribution is 2.31. The smallest absolute Gasteiger partial charge is 0.0487 e. The monoisotopic (exact) mass is 237 g/mol. The third kappa shape index (κ3) is 2.23. The molecule has 15 heavy (non-hydrogen) atoms. The molecule has 2 N–H and O–H groups in total. The second-order valence-corrected chi connectivity index (χ2v) is 4.99. The molecule has 1 heterocycles. The molecule has 0 atom stereocenters. The number of hydrogen-bond donors (Lipinski definition) is 1. The summed E-state index contributed by atoms with van der Waals surface area (Å²) in [5, 5.41) is 2.90. The van der Waals surface area contributed by atoms with Gasteiger partial charge in [0.1, 0.15) is 0 Å². The topological polar surface area (TPSA) is 26.0 Å². The van der Waals surface area contributed by atoms with E-state index in [9.17, 15) is 0 Å². The second-order valence-electron chi connectivity index (χ2n) is 3.46. The molecule has 3 heteroatoms. The van der Waals surface area contributed by atoms with Crippen molar-refractivity contribution in [1.82, 2.24) is 0 Å². The molecule has 0 fully saturated rings. The molecule has 1 aromatic carbocycles. The fourth-order valence-electron chi connectivity index (χ4n) is 1.50. The van der Waals surface area contributed by atoms with Gasteiger partial charge in [-0.1, -0.05) is 23.7 Å². The van der Waals surface area contributed by atoms with E-state index in [1.807, 2.05) is 18.2 Å². The van der Waals surface area contributed by atoms with Gasteiger partial charge in [-0.25, -0.2) is 0 Å². The largest absolute Gasteiger partial charge is 0.326 e. The summed E-state index contributed by atoms with van der Waals surface area (Å²) in [4.78, 5) is 1.30. The Morgan fingerprint density at radius 1 is 1.33 bits per heavy atom. The Morgan fingerprint density at radius 2 is 2.13 bits per heavy atom. The van der Waals surface area contributed by atoms with Crippen molar-refractivity contribution in [1.29, 1.82) is 0 Å². The molecule has 0 aliphatic carbocycles. The van der Waals surface area contributed by atoms with Gasteiger partial charge in [0.05, 0.1) is 0 Å². The van der Waals surface area contributed by atoms with Gasteiger partial charge in [-0.05, 0) is 35.6 Å². The maximum atomic E-state index is 6.20. The number of benzene rings is 1. The maximum absolute atomic E-state index is 6.20. The molecule has 0 saturated heterocycles. The van der Waals surface area contributed by atoms with Crippen LogP contribution in [0.2, 0.25) is 5.02 Å². The van der Waals surface area contributed by atoms with Crippen LogP contribution in [0, 0.1) is 6.92 Å². The average molecular weight is 238 g/mol. The fourth-order valence-corrected chi connectivity index (χ4v) is 2.52. The Labute approximate surface area is 98.5 Å². The van der Waals surface area contributed by atoms with E-state index < -0.39 is 0 Å². The summed E-state index contributed by atoms with van der Waals surface area (Å²) in [5.41, 5.74) is 8.89. The van der Waals surface area contributed by atoms with Gasteiger partial charge in [0, 0.05) is 22.0 Å². The Hall–Kier alpha value is -0.830. The van der Waals surface area contributed by atoms with Crippen LogP contribution in [0.4, 0.5) is 0 Å². The number of hydrogen-bond acceptors (Lipinski definition) is 2. The number of aryl methyl sites for hydroxylation is 1. The van der Waals surface area contributed by atoms with E-state index in [1.165, 1.54) is 10.4 Å². The summed E-state index contributed by atoms with van der Waals surface area (Å²) in [7, 11) is 0. The number of halogens is 1. The minimum absolute atomic E-state index is 0.530. The van der Waals surface area contributed by atoms with Gasteiger partial charge in [0.25, 0.3) is 0 Å². The molecule has 0 spiro atoms. The Balaban J connectivity index is 2.45. The first-order chi connectivity index (χ1) is 7.20. The van der Waals surface area contributed by atoms with Crippen LogP contribution in [0.1, 0.15) is 10.4 Å². The number of nitrogens with two attached hydrogens (primary N) is 1. The number of rotatable bonds is 2. The summed E-state index contributed by atoms with van der Waals surface area (Å²) in [6.07, 6.45) is 0. The zero-order valence-corrected chi connectivity index (χ0v) is 10.0. The first-order valence-corrected chi connectivity index (χ1v) is 6.00. The van der Waals surface area contributed by atoms with Crippen LogP contribution in [0.3, 0.4) is 0 Å². The fraction of sp³-hybridized carbons (Fsp3) is 0.167. The molecule has 2 rings (SSSR count). The van der Waals surface area contributed by atoms with E-state index >= 15 is 0 Å². The predicted octanol–water partition coefficient (Wildman–Crippen LogP) is 3.84. The SMILES string of the molecule is Cc1cc(-c2ccc(CN)cc2Cl)cs1. The van der Waals surface area contributed by atoms with E-state index in [2.05, 4.69) is 18.4 Å². The number of thiophene rings is 1. The van der Waals surface area contributed by atoms with Crippen LogP contribution in [0.25, 0.3) is 11.1 Å². The molecule has 0 bridgehead atoms. The van der Waals surface area contributed by atoms with Crippen molar-refractivity contribution in [2.45, 2.75) is 13.5 Å². The molecule has 0 unspecified atom stereocenters. The summed E-state index contributed by atoms with van der Waals surface area (Å²) in [5.74, 6) is 0. The lowest BCUT2D eigenvalue weighted by atomic mass is 10.1. The van der Waals surface area contributed by atoms with E-state index in [4.69, 9.17) is 17.3 Å². The normalized spacial score (nSPS) is 10.6. The quantitative estimate of drug-likeness (QED) is 0.844. The maximum Gasteiger partial charge on any atom is 0.0487 e. The van der Waals surface area contributed by atoms with Crippen LogP contribution in [0.5, 0.6) is 0 Å². The minimum Gasteiger partial charge on any atom is -0.326 e. The molecule has 0 saturated carbocycles. The van der Waals surface area contributed by atoms with Crippen LogP contribution in [-0.4, -0.2) is 0 Å². The lowest BCUT2D eigenvalue weighted by Gasteiger charge is -2.03. The summed E-state index contributed by atoms with van der Waals surface area (Å²) in [6.45, 7) is 2.62. The Bertz CT molecular complexity index is 476. The zero-order chi connectivity index (χ0) is 10.8. The van der Waals surface area contributed by atoms with E-state index in [-0.39, 0.29) is 0 Å². The van der Waals surface area contributed by atoms with Crippen molar-refractivity contribution >= 4 is 22.9 Å². The summed E-state index contributed by atoms with van der Waals surface area (Å²) >= 11 is 7.94. The molecule has 1 nitrogen and oxygen atoms in total. The average Bonchev–Trinajstić information content (AvgIpc) is 2.64. The van der Waals surface area contributed by atoms with Gasteiger partial charge in [-0.2, -0.15) is 0 Å². The molecule has 78 valence electrons. The van der Waals surface area contributed by atoms with E-state index in [1.54, 1.807) is 11.3 Å². The summed E-state index contributed by atoms with van der Waals surface area (Å²) < 4.78 is 0. The van der Waals surface area contributed by atoms with Gasteiger partial charge >= 0.3 is 0 Å². The van der Waals surface area contributed by atoms with Crippen molar-refractivity contribution in [3.8, 4) is 11.1 Å². The van der Waals surface area contributed by atoms with Crippen molar-refractivity contribution in [2.75, 3.05) is 0 Å². The van der Waals surface area contributed by atoms with Gasteiger partial charge in [0.15, 0.2) is 0 Å². The van der Waals surface area contributed by atoms with Crippen LogP contribution < -0.4 is 5.73 Å². The van der Waals surface area contributed by atoms with Crippen LogP contribution in [0.15, 0.2) is 29.6 Å². The molecular weight excluding hydrogens is 226 g/mol. The second kappa shape index (κ2) is 4.35. The Kier molecular flexibility index (Phi) is 3.10. The lowest BCUT2D eigenvalue weighted by molar-refractivity contribution is 1.07. The van der Waals surface area contributed by atoms with Gasteiger partial charge in [-0.3, -0.25) is 0 Å². The van der Waals surface area contributed by atoms with Crippen LogP contribution in [-0.2, 0) is 6.54 Å². The highest BCUT2D eigenvalue weighted by atomic mass is 35.5. The van der Waals surface area contributed by atoms with Crippen LogP contribution >= 0.6 is 22.9 Å². The van der Waals surface area contributed by atoms with Gasteiger partial charge in [0.2, 0.25) is 0 Å². The van der Waals surface area contributed by atoms with Crippen molar-refractivity contribution < 1.29 is 0 Å². The Morgan fingerprint density at radius 3 is 2.67 bits per heavy atom. The standard InChI is InChI=1S/C12H12ClNS/c1-8-4-10(7-15-8)11-3-2-9(6-14)5-12(11)13/h2-5,7H,6,14H2,1H3. The molecule has 1 aromatic heterocycles. The highest BCUT2D eigenvalue weighted by Gasteiger charge is 2.05. The van der Waals surface area contributed by atoms with Gasteiger partial charge < -0.3 is 5.73 Å². The van der Waals surface area contributed by atoms with Crippen molar-refractivity contribution in [2.24, 2.45) is 5.73 Å². The third-order valence-corrected chi connectivity index (χ3v) is 3.48. The molecule has 0 aliphatic heterocycles. The van der Waals surface area contributed by atoms with Crippen molar-refractivity contribution in [3.05, 3.63) is 45.1 Å².